The molecular weight excluding hydrogens is 200 g/mol. The molecule has 2 rings (SSSR count). The number of esters is 1. The summed E-state index contributed by atoms with van der Waals surface area (Å²) >= 11 is 0. The molecule has 82 valence electrons. The molecule has 0 bridgehead atoms. The monoisotopic (exact) mass is 214 g/mol. The van der Waals surface area contributed by atoms with Crippen molar-refractivity contribution in [1.29, 1.82) is 0 Å². The Bertz CT molecular complexity index is 529. The Morgan fingerprint density at radius 1 is 1.12 bits per heavy atom. The SMILES string of the molecule is CCC(=O)Oc1ccc2cc(C)ccc2c1. The van der Waals surface area contributed by atoms with Crippen LogP contribution >= 0.6 is 0 Å². The van der Waals surface area contributed by atoms with Crippen molar-refractivity contribution < 1.29 is 9.53 Å². The van der Waals surface area contributed by atoms with Crippen LogP contribution in [0.25, 0.3) is 10.8 Å². The van der Waals surface area contributed by atoms with Gasteiger partial charge in [0.1, 0.15) is 5.75 Å². The lowest BCUT2D eigenvalue weighted by Gasteiger charge is -2.04. The number of ether oxygens (including phenoxy) is 1. The van der Waals surface area contributed by atoms with Crippen molar-refractivity contribution >= 4 is 16.7 Å². The molecule has 2 nitrogen and oxygen atoms in total. The Labute approximate surface area is 94.8 Å². The third kappa shape index (κ3) is 2.22. The van der Waals surface area contributed by atoms with Crippen LogP contribution in [0, 0.1) is 6.92 Å². The molecule has 2 heteroatoms. The molecule has 0 fully saturated rings. The van der Waals surface area contributed by atoms with Crippen LogP contribution in [0.5, 0.6) is 5.75 Å². The fourth-order valence-electron chi connectivity index (χ4n) is 1.61. The van der Waals surface area contributed by atoms with Gasteiger partial charge < -0.3 is 4.74 Å². The molecular formula is C14H14O2. The predicted molar refractivity (Wildman–Crippen MR) is 64.6 cm³/mol. The first-order chi connectivity index (χ1) is 7.69. The van der Waals surface area contributed by atoms with Gasteiger partial charge in [-0.25, -0.2) is 0 Å². The molecule has 0 heterocycles. The van der Waals surface area contributed by atoms with Crippen LogP contribution < -0.4 is 4.74 Å². The highest BCUT2D eigenvalue weighted by Crippen LogP contribution is 2.22. The van der Waals surface area contributed by atoms with Gasteiger partial charge in [0.2, 0.25) is 0 Å². The molecule has 0 N–H and O–H groups in total. The summed E-state index contributed by atoms with van der Waals surface area (Å²) in [7, 11) is 0. The number of benzene rings is 2. The Morgan fingerprint density at radius 3 is 2.56 bits per heavy atom. The maximum absolute atomic E-state index is 11.1. The lowest BCUT2D eigenvalue weighted by molar-refractivity contribution is -0.134. The molecule has 0 saturated carbocycles. The summed E-state index contributed by atoms with van der Waals surface area (Å²) in [4.78, 5) is 11.1. The van der Waals surface area contributed by atoms with Crippen LogP contribution in [0.1, 0.15) is 18.9 Å². The maximum atomic E-state index is 11.1. The van der Waals surface area contributed by atoms with E-state index >= 15 is 0 Å². The molecule has 0 spiro atoms. The van der Waals surface area contributed by atoms with Crippen molar-refractivity contribution in [3.05, 3.63) is 42.0 Å². The van der Waals surface area contributed by atoms with Crippen molar-refractivity contribution in [2.24, 2.45) is 0 Å². The highest BCUT2D eigenvalue weighted by molar-refractivity contribution is 5.85. The van der Waals surface area contributed by atoms with Crippen LogP contribution in [0.15, 0.2) is 36.4 Å². The van der Waals surface area contributed by atoms with Crippen LogP contribution in [-0.4, -0.2) is 5.97 Å². The van der Waals surface area contributed by atoms with Crippen molar-refractivity contribution in [3.8, 4) is 5.75 Å². The van der Waals surface area contributed by atoms with E-state index in [0.717, 1.165) is 10.8 Å². The Hall–Kier alpha value is -1.83. The smallest absolute Gasteiger partial charge is 0.310 e. The van der Waals surface area contributed by atoms with Crippen LogP contribution in [0.4, 0.5) is 0 Å². The molecule has 0 amide bonds. The summed E-state index contributed by atoms with van der Waals surface area (Å²) < 4.78 is 5.16. The number of carbonyl (C=O) groups excluding carboxylic acids is 1. The summed E-state index contributed by atoms with van der Waals surface area (Å²) in [6.07, 6.45) is 0.395. The Morgan fingerprint density at radius 2 is 1.81 bits per heavy atom. The number of rotatable bonds is 2. The van der Waals surface area contributed by atoms with E-state index in [9.17, 15) is 4.79 Å². The summed E-state index contributed by atoms with van der Waals surface area (Å²) in [6.45, 7) is 3.84. The van der Waals surface area contributed by atoms with Gasteiger partial charge in [-0.1, -0.05) is 36.8 Å². The molecule has 16 heavy (non-hydrogen) atoms. The predicted octanol–water partition coefficient (Wildman–Crippen LogP) is 3.46. The van der Waals surface area contributed by atoms with Gasteiger partial charge in [0.05, 0.1) is 0 Å². The van der Waals surface area contributed by atoms with Crippen molar-refractivity contribution in [3.63, 3.8) is 0 Å². The molecule has 0 atom stereocenters. The van der Waals surface area contributed by atoms with E-state index in [1.54, 1.807) is 6.92 Å². The van der Waals surface area contributed by atoms with E-state index in [-0.39, 0.29) is 5.97 Å². The van der Waals surface area contributed by atoms with Crippen molar-refractivity contribution in [2.45, 2.75) is 20.3 Å². The third-order valence-corrected chi connectivity index (χ3v) is 2.49. The molecule has 0 aliphatic carbocycles. The van der Waals surface area contributed by atoms with Crippen molar-refractivity contribution in [1.82, 2.24) is 0 Å². The molecule has 0 aromatic heterocycles. The minimum absolute atomic E-state index is 0.202. The molecule has 0 aliphatic heterocycles. The number of carbonyl (C=O) groups is 1. The fraction of sp³-hybridized carbons (Fsp3) is 0.214. The molecule has 2 aromatic carbocycles. The highest BCUT2D eigenvalue weighted by atomic mass is 16.5. The van der Waals surface area contributed by atoms with Crippen LogP contribution in [0.3, 0.4) is 0 Å². The first-order valence-corrected chi connectivity index (χ1v) is 5.40. The lowest BCUT2D eigenvalue weighted by Crippen LogP contribution is -2.05. The number of aryl methyl sites for hydroxylation is 1. The van der Waals surface area contributed by atoms with E-state index in [1.165, 1.54) is 5.56 Å². The third-order valence-electron chi connectivity index (χ3n) is 2.49. The average molecular weight is 214 g/mol. The van der Waals surface area contributed by atoms with Gasteiger partial charge in [-0.15, -0.1) is 0 Å². The number of hydrogen-bond donors (Lipinski definition) is 0. The van der Waals surface area contributed by atoms with Gasteiger partial charge in [0.25, 0.3) is 0 Å². The zero-order valence-corrected chi connectivity index (χ0v) is 9.49. The van der Waals surface area contributed by atoms with E-state index in [1.807, 2.05) is 30.3 Å². The van der Waals surface area contributed by atoms with Gasteiger partial charge in [-0.05, 0) is 29.8 Å². The quantitative estimate of drug-likeness (QED) is 0.565. The normalized spacial score (nSPS) is 10.4. The van der Waals surface area contributed by atoms with Crippen molar-refractivity contribution in [2.75, 3.05) is 0 Å². The molecule has 0 radical (unpaired) electrons. The second-order valence-corrected chi connectivity index (χ2v) is 3.84. The van der Waals surface area contributed by atoms with E-state index in [4.69, 9.17) is 4.74 Å². The lowest BCUT2D eigenvalue weighted by atomic mass is 10.1. The van der Waals surface area contributed by atoms with E-state index in [0.29, 0.717) is 12.2 Å². The maximum Gasteiger partial charge on any atom is 0.310 e. The van der Waals surface area contributed by atoms with Gasteiger partial charge in [-0.3, -0.25) is 4.79 Å². The topological polar surface area (TPSA) is 26.3 Å². The van der Waals surface area contributed by atoms with E-state index < -0.39 is 0 Å². The molecule has 0 saturated heterocycles. The summed E-state index contributed by atoms with van der Waals surface area (Å²) in [5, 5.41) is 2.25. The zero-order chi connectivity index (χ0) is 11.5. The van der Waals surface area contributed by atoms with Gasteiger partial charge >= 0.3 is 5.97 Å². The number of hydrogen-bond acceptors (Lipinski definition) is 2. The summed E-state index contributed by atoms with van der Waals surface area (Å²) in [6, 6.07) is 11.9. The Kier molecular flexibility index (Phi) is 2.91. The summed E-state index contributed by atoms with van der Waals surface area (Å²) in [5.41, 5.74) is 1.23. The highest BCUT2D eigenvalue weighted by Gasteiger charge is 2.02. The minimum atomic E-state index is -0.202. The first-order valence-electron chi connectivity index (χ1n) is 5.40. The second kappa shape index (κ2) is 4.35. The number of fused-ring (bicyclic) bond motifs is 1. The molecule has 0 unspecified atom stereocenters. The van der Waals surface area contributed by atoms with Crippen LogP contribution in [-0.2, 0) is 4.79 Å². The fourth-order valence-corrected chi connectivity index (χ4v) is 1.61. The van der Waals surface area contributed by atoms with E-state index in [2.05, 4.69) is 13.0 Å². The van der Waals surface area contributed by atoms with Crippen LogP contribution in [0.2, 0.25) is 0 Å². The zero-order valence-electron chi connectivity index (χ0n) is 9.49. The van der Waals surface area contributed by atoms with Gasteiger partial charge in [0.15, 0.2) is 0 Å². The van der Waals surface area contributed by atoms with Gasteiger partial charge in [0, 0.05) is 6.42 Å². The first kappa shape index (κ1) is 10.7. The standard InChI is InChI=1S/C14H14O2/c1-3-14(15)16-13-7-6-11-8-10(2)4-5-12(11)9-13/h4-9H,3H2,1-2H3. The summed E-state index contributed by atoms with van der Waals surface area (Å²) in [5.74, 6) is 0.412. The van der Waals surface area contributed by atoms with Gasteiger partial charge in [-0.2, -0.15) is 0 Å². The molecule has 2 aromatic rings. The Balaban J connectivity index is 2.37. The largest absolute Gasteiger partial charge is 0.427 e. The second-order valence-electron chi connectivity index (χ2n) is 3.84. The minimum Gasteiger partial charge on any atom is -0.427 e. The average Bonchev–Trinajstić information content (AvgIpc) is 2.29. The molecule has 0 aliphatic rings.